The Labute approximate surface area is 178 Å². The lowest BCUT2D eigenvalue weighted by Crippen LogP contribution is -2.33. The largest absolute Gasteiger partial charge is 0.511 e. The molecule has 0 aromatic heterocycles. The Kier molecular flexibility index (Phi) is 21.9. The fourth-order valence-corrected chi connectivity index (χ4v) is 4.26. The maximum atomic E-state index is 11.7. The van der Waals surface area contributed by atoms with Crippen molar-refractivity contribution in [3.05, 3.63) is 0 Å². The van der Waals surface area contributed by atoms with Gasteiger partial charge in [0.2, 0.25) is 12.2 Å². The molecule has 0 rings (SSSR count). The van der Waals surface area contributed by atoms with Gasteiger partial charge in [0.05, 0.1) is 6.61 Å². The second-order valence-electron chi connectivity index (χ2n) is 5.03. The van der Waals surface area contributed by atoms with Gasteiger partial charge in [-0.1, -0.05) is 21.6 Å². The van der Waals surface area contributed by atoms with Crippen LogP contribution in [0.5, 0.6) is 0 Å². The molecular weight excluding hydrogens is 428 g/mol. The first-order valence-electron chi connectivity index (χ1n) is 8.62. The van der Waals surface area contributed by atoms with E-state index in [4.69, 9.17) is 15.6 Å². The van der Waals surface area contributed by atoms with Gasteiger partial charge in [-0.2, -0.15) is 11.8 Å². The van der Waals surface area contributed by atoms with Crippen molar-refractivity contribution in [2.45, 2.75) is 39.0 Å². The van der Waals surface area contributed by atoms with Crippen molar-refractivity contribution >= 4 is 51.4 Å². The lowest BCUT2D eigenvalue weighted by Gasteiger charge is -2.13. The number of nitrogens with one attached hydrogen (secondary N) is 1. The van der Waals surface area contributed by atoms with Crippen LogP contribution in [0.1, 0.15) is 26.7 Å². The molecular formula is C16H32N2O7S3. The number of ether oxygens (including phenoxy) is 3. The molecule has 0 bridgehead atoms. The number of carbonyl (C=O) groups excluding carboxylic acids is 3. The van der Waals surface area contributed by atoms with Crippen molar-refractivity contribution in [3.8, 4) is 0 Å². The van der Waals surface area contributed by atoms with Gasteiger partial charge < -0.3 is 30.4 Å². The topological polar surface area (TPSA) is 137 Å². The summed E-state index contributed by atoms with van der Waals surface area (Å²) in [5, 5.41) is 9.46. The molecule has 0 aliphatic carbocycles. The van der Waals surface area contributed by atoms with E-state index in [2.05, 4.69) is 21.0 Å². The number of amides is 1. The lowest BCUT2D eigenvalue weighted by molar-refractivity contribution is -0.167. The summed E-state index contributed by atoms with van der Waals surface area (Å²) in [6.07, 6.45) is 1.33. The summed E-state index contributed by atoms with van der Waals surface area (Å²) >= 11 is 1.78. The average molecular weight is 461 g/mol. The zero-order valence-electron chi connectivity index (χ0n) is 16.8. The Bertz CT molecular complexity index is 431. The molecule has 0 radical (unpaired) electrons. The van der Waals surface area contributed by atoms with Crippen LogP contribution in [0.3, 0.4) is 0 Å². The standard InChI is InChI=1S/C15H28N2O6S3.CH4O/c1-4-21-15(20)23-11(2)22-14(19)9-17-13(18)6-8-25-26-10-12(16)5-7-24-3;1-2/h11-12H,4-10,16H2,1-3H3,(H,17,18);2H,1H3. The number of nitrogens with two attached hydrogens (primary N) is 1. The highest BCUT2D eigenvalue weighted by Gasteiger charge is 2.15. The first kappa shape index (κ1) is 29.4. The zero-order chi connectivity index (χ0) is 21.8. The van der Waals surface area contributed by atoms with Crippen molar-refractivity contribution in [1.29, 1.82) is 0 Å². The van der Waals surface area contributed by atoms with Gasteiger partial charge in [-0.3, -0.25) is 9.59 Å². The van der Waals surface area contributed by atoms with Crippen LogP contribution in [0.25, 0.3) is 0 Å². The Balaban J connectivity index is 0. The number of thioether (sulfide) groups is 1. The molecule has 0 aromatic carbocycles. The Hall–Kier alpha value is -0.820. The first-order valence-corrected chi connectivity index (χ1v) is 12.5. The van der Waals surface area contributed by atoms with E-state index in [1.165, 1.54) is 6.92 Å². The Morgan fingerprint density at radius 3 is 2.43 bits per heavy atom. The van der Waals surface area contributed by atoms with Crippen LogP contribution in [0.4, 0.5) is 4.79 Å². The van der Waals surface area contributed by atoms with Crippen molar-refractivity contribution < 1.29 is 33.7 Å². The number of hydrogen-bond acceptors (Lipinski definition) is 11. The van der Waals surface area contributed by atoms with E-state index in [0.717, 1.165) is 25.0 Å². The van der Waals surface area contributed by atoms with Gasteiger partial charge in [0.1, 0.15) is 6.54 Å². The van der Waals surface area contributed by atoms with Gasteiger partial charge in [0.25, 0.3) is 0 Å². The monoisotopic (exact) mass is 460 g/mol. The maximum Gasteiger partial charge on any atom is 0.511 e. The number of aliphatic hydroxyl groups is 1. The Morgan fingerprint density at radius 1 is 1.14 bits per heavy atom. The molecule has 0 aromatic rings. The average Bonchev–Trinajstić information content (AvgIpc) is 2.66. The van der Waals surface area contributed by atoms with E-state index in [0.29, 0.717) is 12.2 Å². The zero-order valence-corrected chi connectivity index (χ0v) is 19.3. The molecule has 12 heteroatoms. The number of aliphatic hydroxyl groups excluding tert-OH is 1. The van der Waals surface area contributed by atoms with Gasteiger partial charge in [-0.25, -0.2) is 4.79 Å². The van der Waals surface area contributed by atoms with Gasteiger partial charge in [0, 0.05) is 38.0 Å². The minimum Gasteiger partial charge on any atom is -0.435 e. The summed E-state index contributed by atoms with van der Waals surface area (Å²) in [4.78, 5) is 34.2. The number of hydrogen-bond donors (Lipinski definition) is 3. The van der Waals surface area contributed by atoms with Crippen LogP contribution in [0, 0.1) is 0 Å². The summed E-state index contributed by atoms with van der Waals surface area (Å²) in [5.41, 5.74) is 5.95. The molecule has 9 nitrogen and oxygen atoms in total. The molecule has 0 aliphatic rings. The third-order valence-electron chi connectivity index (χ3n) is 2.72. The molecule has 2 unspecified atom stereocenters. The summed E-state index contributed by atoms with van der Waals surface area (Å²) in [5.74, 6) is 1.58. The van der Waals surface area contributed by atoms with Crippen LogP contribution >= 0.6 is 33.3 Å². The van der Waals surface area contributed by atoms with E-state index in [-0.39, 0.29) is 25.1 Å². The molecule has 0 saturated heterocycles. The van der Waals surface area contributed by atoms with Crippen LogP contribution in [0.2, 0.25) is 0 Å². The molecule has 0 aliphatic heterocycles. The molecule has 2 atom stereocenters. The van der Waals surface area contributed by atoms with Crippen molar-refractivity contribution in [3.63, 3.8) is 0 Å². The van der Waals surface area contributed by atoms with Crippen LogP contribution < -0.4 is 11.1 Å². The maximum absolute atomic E-state index is 11.7. The smallest absolute Gasteiger partial charge is 0.435 e. The second-order valence-corrected chi connectivity index (χ2v) is 8.65. The fourth-order valence-electron chi connectivity index (χ4n) is 1.48. The van der Waals surface area contributed by atoms with E-state index >= 15 is 0 Å². The first-order chi connectivity index (χ1) is 13.4. The van der Waals surface area contributed by atoms with E-state index < -0.39 is 18.4 Å². The highest BCUT2D eigenvalue weighted by Crippen LogP contribution is 2.23. The van der Waals surface area contributed by atoms with Crippen LogP contribution in [-0.2, 0) is 23.8 Å². The van der Waals surface area contributed by atoms with Crippen LogP contribution in [-0.4, -0.2) is 79.2 Å². The lowest BCUT2D eigenvalue weighted by atomic mass is 10.3. The molecule has 0 saturated carbocycles. The molecule has 1 amide bonds. The van der Waals surface area contributed by atoms with E-state index in [9.17, 15) is 14.4 Å². The summed E-state index contributed by atoms with van der Waals surface area (Å²) in [6, 6.07) is 0.169. The number of esters is 1. The minimum absolute atomic E-state index is 0.162. The fraction of sp³-hybridized carbons (Fsp3) is 0.812. The van der Waals surface area contributed by atoms with Crippen LogP contribution in [0.15, 0.2) is 0 Å². The van der Waals surface area contributed by atoms with E-state index in [1.54, 1.807) is 40.3 Å². The van der Waals surface area contributed by atoms with Crippen molar-refractivity contribution in [2.24, 2.45) is 5.73 Å². The van der Waals surface area contributed by atoms with E-state index in [1.807, 2.05) is 0 Å². The summed E-state index contributed by atoms with van der Waals surface area (Å²) in [6.45, 7) is 2.89. The molecule has 0 spiro atoms. The normalized spacial score (nSPS) is 12.1. The summed E-state index contributed by atoms with van der Waals surface area (Å²) in [7, 11) is 4.23. The van der Waals surface area contributed by atoms with Gasteiger partial charge in [-0.05, 0) is 25.4 Å². The molecule has 4 N–H and O–H groups in total. The molecule has 166 valence electrons. The highest BCUT2D eigenvalue weighted by atomic mass is 33.1. The van der Waals surface area contributed by atoms with Crippen molar-refractivity contribution in [2.75, 3.05) is 43.8 Å². The van der Waals surface area contributed by atoms with Crippen molar-refractivity contribution in [1.82, 2.24) is 5.32 Å². The Morgan fingerprint density at radius 2 is 1.82 bits per heavy atom. The predicted octanol–water partition coefficient (Wildman–Crippen LogP) is 1.63. The molecule has 0 heterocycles. The second kappa shape index (κ2) is 20.9. The predicted molar refractivity (Wildman–Crippen MR) is 115 cm³/mol. The summed E-state index contributed by atoms with van der Waals surface area (Å²) < 4.78 is 14.0. The van der Waals surface area contributed by atoms with Gasteiger partial charge in [-0.15, -0.1) is 0 Å². The minimum atomic E-state index is -1.08. The number of rotatable bonds is 14. The molecule has 0 fully saturated rings. The SMILES string of the molecule is CCOC(=O)OC(C)OC(=O)CNC(=O)CCSSCC(N)CCSC.CO. The van der Waals surface area contributed by atoms with Gasteiger partial charge in [0.15, 0.2) is 0 Å². The highest BCUT2D eigenvalue weighted by molar-refractivity contribution is 8.76. The quantitative estimate of drug-likeness (QED) is 0.151. The molecule has 28 heavy (non-hydrogen) atoms. The third kappa shape index (κ3) is 19.9. The van der Waals surface area contributed by atoms with Gasteiger partial charge >= 0.3 is 12.1 Å². The number of carbonyl (C=O) groups is 3. The third-order valence-corrected chi connectivity index (χ3v) is 5.88.